The molecule has 0 spiro atoms. The van der Waals surface area contributed by atoms with Gasteiger partial charge in [-0.25, -0.2) is 4.98 Å². The lowest BCUT2D eigenvalue weighted by Gasteiger charge is -2.10. The van der Waals surface area contributed by atoms with E-state index >= 15 is 0 Å². The standard InChI is InChI=1S/C16H20N6O3/c1-8-12(10(3)22-16(18-8)19-15(17)20-22)5-6-14(23)24-7-13-9(2)21-25-11(13)4/h5-7H2,1-4H3,(H2,17,20). The molecule has 0 aliphatic rings. The summed E-state index contributed by atoms with van der Waals surface area (Å²) in [4.78, 5) is 20.5. The zero-order chi connectivity index (χ0) is 18.1. The van der Waals surface area contributed by atoms with Crippen LogP contribution in [0.1, 0.15) is 40.4 Å². The van der Waals surface area contributed by atoms with Crippen molar-refractivity contribution in [1.82, 2.24) is 24.7 Å². The second kappa shape index (κ2) is 6.50. The van der Waals surface area contributed by atoms with Crippen LogP contribution < -0.4 is 5.73 Å². The van der Waals surface area contributed by atoms with Crippen LogP contribution in [-0.4, -0.2) is 30.7 Å². The Morgan fingerprint density at radius 2 is 1.92 bits per heavy atom. The van der Waals surface area contributed by atoms with E-state index in [9.17, 15) is 4.79 Å². The molecule has 3 aromatic rings. The number of nitrogen functional groups attached to an aromatic ring is 1. The molecule has 0 aliphatic carbocycles. The van der Waals surface area contributed by atoms with E-state index in [1.807, 2.05) is 20.8 Å². The minimum atomic E-state index is -0.294. The van der Waals surface area contributed by atoms with Crippen LogP contribution in [0.4, 0.5) is 5.95 Å². The molecule has 25 heavy (non-hydrogen) atoms. The van der Waals surface area contributed by atoms with Crippen LogP contribution in [0.5, 0.6) is 0 Å². The minimum absolute atomic E-state index is 0.162. The number of fused-ring (bicyclic) bond motifs is 1. The molecule has 9 heteroatoms. The Hall–Kier alpha value is -2.97. The van der Waals surface area contributed by atoms with E-state index in [1.165, 1.54) is 0 Å². The van der Waals surface area contributed by atoms with Gasteiger partial charge in [0.05, 0.1) is 11.3 Å². The van der Waals surface area contributed by atoms with Crippen LogP contribution in [0, 0.1) is 27.7 Å². The van der Waals surface area contributed by atoms with Gasteiger partial charge in [-0.2, -0.15) is 9.50 Å². The minimum Gasteiger partial charge on any atom is -0.461 e. The predicted octanol–water partition coefficient (Wildman–Crippen LogP) is 1.60. The summed E-state index contributed by atoms with van der Waals surface area (Å²) in [6, 6.07) is 0. The van der Waals surface area contributed by atoms with Gasteiger partial charge in [-0.3, -0.25) is 4.79 Å². The molecule has 0 radical (unpaired) electrons. The van der Waals surface area contributed by atoms with Gasteiger partial charge >= 0.3 is 5.97 Å². The number of ether oxygens (including phenoxy) is 1. The summed E-state index contributed by atoms with van der Waals surface area (Å²) >= 11 is 0. The molecule has 3 heterocycles. The number of aryl methyl sites for hydroxylation is 4. The van der Waals surface area contributed by atoms with E-state index in [1.54, 1.807) is 11.4 Å². The van der Waals surface area contributed by atoms with E-state index in [-0.39, 0.29) is 24.9 Å². The quantitative estimate of drug-likeness (QED) is 0.693. The first-order valence-electron chi connectivity index (χ1n) is 7.92. The zero-order valence-corrected chi connectivity index (χ0v) is 14.7. The third-order valence-corrected chi connectivity index (χ3v) is 4.20. The topological polar surface area (TPSA) is 121 Å². The number of nitrogens with zero attached hydrogens (tertiary/aromatic N) is 5. The third-order valence-electron chi connectivity index (χ3n) is 4.20. The number of hydrogen-bond donors (Lipinski definition) is 1. The number of nitrogens with two attached hydrogens (primary N) is 1. The maximum Gasteiger partial charge on any atom is 0.306 e. The van der Waals surface area contributed by atoms with Crippen LogP contribution >= 0.6 is 0 Å². The van der Waals surface area contributed by atoms with E-state index in [4.69, 9.17) is 15.0 Å². The normalized spacial score (nSPS) is 11.2. The second-order valence-corrected chi connectivity index (χ2v) is 5.91. The van der Waals surface area contributed by atoms with E-state index in [2.05, 4.69) is 20.2 Å². The number of carbonyl (C=O) groups is 1. The predicted molar refractivity (Wildman–Crippen MR) is 88.8 cm³/mol. The Kier molecular flexibility index (Phi) is 4.39. The number of anilines is 1. The molecule has 0 aromatic carbocycles. The Labute approximate surface area is 144 Å². The number of aromatic nitrogens is 5. The van der Waals surface area contributed by atoms with Crippen LogP contribution in [-0.2, 0) is 22.6 Å². The summed E-state index contributed by atoms with van der Waals surface area (Å²) in [6.07, 6.45) is 0.739. The van der Waals surface area contributed by atoms with Gasteiger partial charge in [0.2, 0.25) is 5.95 Å². The Morgan fingerprint density at radius 3 is 2.60 bits per heavy atom. The Morgan fingerprint density at radius 1 is 1.16 bits per heavy atom. The lowest BCUT2D eigenvalue weighted by molar-refractivity contribution is -0.144. The highest BCUT2D eigenvalue weighted by Crippen LogP contribution is 2.17. The van der Waals surface area contributed by atoms with Crippen LogP contribution in [0.3, 0.4) is 0 Å². The smallest absolute Gasteiger partial charge is 0.306 e. The van der Waals surface area contributed by atoms with Crippen LogP contribution in [0.15, 0.2) is 4.52 Å². The van der Waals surface area contributed by atoms with Gasteiger partial charge in [-0.1, -0.05) is 5.16 Å². The van der Waals surface area contributed by atoms with Gasteiger partial charge in [-0.15, -0.1) is 5.10 Å². The van der Waals surface area contributed by atoms with Gasteiger partial charge < -0.3 is 15.0 Å². The SMILES string of the molecule is Cc1noc(C)c1COC(=O)CCc1c(C)nc2nc(N)nn2c1C. The van der Waals surface area contributed by atoms with Crippen molar-refractivity contribution in [3.8, 4) is 0 Å². The molecule has 9 nitrogen and oxygen atoms in total. The summed E-state index contributed by atoms with van der Waals surface area (Å²) in [5.41, 5.74) is 9.77. The zero-order valence-electron chi connectivity index (χ0n) is 14.7. The van der Waals surface area contributed by atoms with Crippen LogP contribution in [0.2, 0.25) is 0 Å². The third kappa shape index (κ3) is 3.30. The highest BCUT2D eigenvalue weighted by molar-refractivity contribution is 5.70. The fraction of sp³-hybridized carbons (Fsp3) is 0.438. The average Bonchev–Trinajstić information content (AvgIpc) is 3.07. The highest BCUT2D eigenvalue weighted by Gasteiger charge is 2.15. The molecule has 0 saturated heterocycles. The monoisotopic (exact) mass is 344 g/mol. The molecule has 0 amide bonds. The largest absolute Gasteiger partial charge is 0.461 e. The molecular formula is C16H20N6O3. The lowest BCUT2D eigenvalue weighted by Crippen LogP contribution is -2.10. The van der Waals surface area contributed by atoms with E-state index in [0.717, 1.165) is 28.2 Å². The molecule has 0 bridgehead atoms. The summed E-state index contributed by atoms with van der Waals surface area (Å²) in [7, 11) is 0. The van der Waals surface area contributed by atoms with Gasteiger partial charge in [0, 0.05) is 17.8 Å². The summed E-state index contributed by atoms with van der Waals surface area (Å²) < 4.78 is 12.0. The molecule has 0 aliphatic heterocycles. The number of hydrogen-bond acceptors (Lipinski definition) is 8. The first kappa shape index (κ1) is 16.9. The maximum atomic E-state index is 12.1. The number of esters is 1. The van der Waals surface area contributed by atoms with Crippen molar-refractivity contribution >= 4 is 17.7 Å². The first-order valence-corrected chi connectivity index (χ1v) is 7.92. The van der Waals surface area contributed by atoms with Gasteiger partial charge in [0.15, 0.2) is 0 Å². The highest BCUT2D eigenvalue weighted by atomic mass is 16.5. The molecule has 2 N–H and O–H groups in total. The molecular weight excluding hydrogens is 324 g/mol. The number of rotatable bonds is 5. The molecule has 0 fully saturated rings. The summed E-state index contributed by atoms with van der Waals surface area (Å²) in [5.74, 6) is 0.996. The lowest BCUT2D eigenvalue weighted by atomic mass is 10.1. The fourth-order valence-corrected chi connectivity index (χ4v) is 2.75. The second-order valence-electron chi connectivity index (χ2n) is 5.91. The van der Waals surface area contributed by atoms with Crippen molar-refractivity contribution in [1.29, 1.82) is 0 Å². The van der Waals surface area contributed by atoms with Crippen molar-refractivity contribution in [2.75, 3.05) is 5.73 Å². The Bertz CT molecular complexity index is 924. The number of carbonyl (C=O) groups excluding carboxylic acids is 1. The molecule has 3 rings (SSSR count). The van der Waals surface area contributed by atoms with Crippen molar-refractivity contribution in [2.24, 2.45) is 0 Å². The van der Waals surface area contributed by atoms with Crippen molar-refractivity contribution in [2.45, 2.75) is 47.1 Å². The molecule has 0 atom stereocenters. The van der Waals surface area contributed by atoms with Crippen molar-refractivity contribution < 1.29 is 14.1 Å². The summed E-state index contributed by atoms with van der Waals surface area (Å²) in [5, 5.41) is 7.96. The average molecular weight is 344 g/mol. The van der Waals surface area contributed by atoms with E-state index < -0.39 is 0 Å². The summed E-state index contributed by atoms with van der Waals surface area (Å²) in [6.45, 7) is 7.55. The first-order chi connectivity index (χ1) is 11.9. The Balaban J connectivity index is 1.67. The van der Waals surface area contributed by atoms with Gasteiger partial charge in [-0.05, 0) is 39.7 Å². The van der Waals surface area contributed by atoms with Gasteiger partial charge in [0.1, 0.15) is 12.4 Å². The molecule has 132 valence electrons. The van der Waals surface area contributed by atoms with Gasteiger partial charge in [0.25, 0.3) is 5.78 Å². The molecule has 0 unspecified atom stereocenters. The fourth-order valence-electron chi connectivity index (χ4n) is 2.75. The molecule has 3 aromatic heterocycles. The van der Waals surface area contributed by atoms with Crippen LogP contribution in [0.25, 0.3) is 5.78 Å². The van der Waals surface area contributed by atoms with Crippen molar-refractivity contribution in [3.05, 3.63) is 34.0 Å². The van der Waals surface area contributed by atoms with Crippen molar-refractivity contribution in [3.63, 3.8) is 0 Å². The molecule has 0 saturated carbocycles. The van der Waals surface area contributed by atoms with E-state index in [0.29, 0.717) is 18.0 Å². The maximum absolute atomic E-state index is 12.1.